The lowest BCUT2D eigenvalue weighted by atomic mass is 10.1. The molecule has 0 amide bonds. The molecule has 0 aromatic heterocycles. The maximum Gasteiger partial charge on any atom is 0.240 e. The molecule has 2 aromatic carbocycles. The molecule has 0 spiro atoms. The van der Waals surface area contributed by atoms with E-state index in [0.717, 1.165) is 9.86 Å². The molecule has 0 aliphatic heterocycles. The summed E-state index contributed by atoms with van der Waals surface area (Å²) in [6, 6.07) is 10.7. The molecule has 84 valence electrons. The normalized spacial score (nSPS) is 11.9. The minimum absolute atomic E-state index is 0.300. The molecule has 0 bridgehead atoms. The summed E-state index contributed by atoms with van der Waals surface area (Å²) < 4.78 is 26.8. The summed E-state index contributed by atoms with van der Waals surface area (Å²) in [7, 11) is -2.00. The highest BCUT2D eigenvalue weighted by Crippen LogP contribution is 2.28. The van der Waals surface area contributed by atoms with Crippen molar-refractivity contribution in [1.29, 1.82) is 0 Å². The van der Waals surface area contributed by atoms with E-state index in [-0.39, 0.29) is 0 Å². The number of benzene rings is 2. The fraction of sp³-hybridized carbons (Fsp3) is 0.0909. The molecule has 0 aliphatic rings. The minimum atomic E-state index is -3.41. The molecule has 2 rings (SSSR count). The van der Waals surface area contributed by atoms with Crippen molar-refractivity contribution in [2.45, 2.75) is 4.90 Å². The highest BCUT2D eigenvalue weighted by atomic mass is 79.9. The van der Waals surface area contributed by atoms with E-state index in [0.29, 0.717) is 10.3 Å². The van der Waals surface area contributed by atoms with Gasteiger partial charge in [-0.2, -0.15) is 0 Å². The van der Waals surface area contributed by atoms with Gasteiger partial charge < -0.3 is 0 Å². The Morgan fingerprint density at radius 1 is 1.06 bits per heavy atom. The Morgan fingerprint density at radius 2 is 1.69 bits per heavy atom. The molecule has 0 aliphatic carbocycles. The average Bonchev–Trinajstić information content (AvgIpc) is 2.29. The molecule has 0 fully saturated rings. The van der Waals surface area contributed by atoms with Gasteiger partial charge in [-0.05, 0) is 24.6 Å². The second kappa shape index (κ2) is 4.16. The van der Waals surface area contributed by atoms with Gasteiger partial charge in [-0.3, -0.25) is 0 Å². The quantitative estimate of drug-likeness (QED) is 0.926. The molecule has 0 atom stereocenters. The van der Waals surface area contributed by atoms with Gasteiger partial charge in [0, 0.05) is 9.86 Å². The summed E-state index contributed by atoms with van der Waals surface area (Å²) in [5.74, 6) is 0. The van der Waals surface area contributed by atoms with Crippen LogP contribution in [-0.4, -0.2) is 15.5 Å². The zero-order chi connectivity index (χ0) is 11.8. The van der Waals surface area contributed by atoms with E-state index in [1.165, 1.54) is 7.05 Å². The second-order valence-corrected chi connectivity index (χ2v) is 6.01. The van der Waals surface area contributed by atoms with Crippen molar-refractivity contribution in [3.05, 3.63) is 40.9 Å². The minimum Gasteiger partial charge on any atom is -0.214 e. The third-order valence-corrected chi connectivity index (χ3v) is 4.55. The van der Waals surface area contributed by atoms with Gasteiger partial charge in [-0.15, -0.1) is 0 Å². The third kappa shape index (κ3) is 1.86. The first kappa shape index (κ1) is 11.6. The van der Waals surface area contributed by atoms with Crippen LogP contribution in [0.4, 0.5) is 0 Å². The van der Waals surface area contributed by atoms with Crippen LogP contribution in [0, 0.1) is 0 Å². The summed E-state index contributed by atoms with van der Waals surface area (Å²) in [6.45, 7) is 0. The molecule has 0 saturated carbocycles. The first-order valence-corrected chi connectivity index (χ1v) is 6.94. The lowest BCUT2D eigenvalue weighted by molar-refractivity contribution is 0.589. The Balaban J connectivity index is 2.88. The van der Waals surface area contributed by atoms with E-state index in [4.69, 9.17) is 0 Å². The standard InChI is InChI=1S/C11H10BrNO2S/c1-13-16(14,15)11-7-3-4-8-9(11)5-2-6-10(8)12/h2-7,13H,1H3. The van der Waals surface area contributed by atoms with Crippen molar-refractivity contribution >= 4 is 36.7 Å². The van der Waals surface area contributed by atoms with Crippen LogP contribution < -0.4 is 4.72 Å². The van der Waals surface area contributed by atoms with Crippen LogP contribution in [0.25, 0.3) is 10.8 Å². The van der Waals surface area contributed by atoms with Crippen LogP contribution in [0.15, 0.2) is 45.8 Å². The molecule has 1 N–H and O–H groups in total. The van der Waals surface area contributed by atoms with E-state index in [9.17, 15) is 8.42 Å². The van der Waals surface area contributed by atoms with E-state index in [1.54, 1.807) is 18.2 Å². The molecule has 0 radical (unpaired) electrons. The molecule has 0 saturated heterocycles. The van der Waals surface area contributed by atoms with Crippen molar-refractivity contribution in [1.82, 2.24) is 4.72 Å². The van der Waals surface area contributed by atoms with Crippen LogP contribution in [0.1, 0.15) is 0 Å². The van der Waals surface area contributed by atoms with Crippen molar-refractivity contribution in [3.63, 3.8) is 0 Å². The number of hydrogen-bond donors (Lipinski definition) is 1. The molecule has 5 heteroatoms. The smallest absolute Gasteiger partial charge is 0.214 e. The second-order valence-electron chi connectivity index (χ2n) is 3.30. The summed E-state index contributed by atoms with van der Waals surface area (Å²) in [5, 5.41) is 1.60. The van der Waals surface area contributed by atoms with E-state index in [2.05, 4.69) is 20.7 Å². The first-order chi connectivity index (χ1) is 7.56. The molecule has 0 unspecified atom stereocenters. The lowest BCUT2D eigenvalue weighted by Gasteiger charge is -2.07. The number of fused-ring (bicyclic) bond motifs is 1. The van der Waals surface area contributed by atoms with E-state index in [1.807, 2.05) is 18.2 Å². The maximum absolute atomic E-state index is 11.8. The topological polar surface area (TPSA) is 46.2 Å². The molecule has 3 nitrogen and oxygen atoms in total. The first-order valence-electron chi connectivity index (χ1n) is 4.67. The Bertz CT molecular complexity index is 637. The fourth-order valence-corrected chi connectivity index (χ4v) is 3.03. The Hall–Kier alpha value is -0.910. The summed E-state index contributed by atoms with van der Waals surface area (Å²) in [5.41, 5.74) is 0. The average molecular weight is 300 g/mol. The van der Waals surface area contributed by atoms with Crippen molar-refractivity contribution in [2.24, 2.45) is 0 Å². The van der Waals surface area contributed by atoms with Crippen molar-refractivity contribution in [3.8, 4) is 0 Å². The van der Waals surface area contributed by atoms with Gasteiger partial charge in [0.25, 0.3) is 0 Å². The fourth-order valence-electron chi connectivity index (χ4n) is 1.59. The molecule has 16 heavy (non-hydrogen) atoms. The van der Waals surface area contributed by atoms with Gasteiger partial charge in [-0.1, -0.05) is 40.2 Å². The lowest BCUT2D eigenvalue weighted by Crippen LogP contribution is -2.18. The third-order valence-electron chi connectivity index (χ3n) is 2.39. The molecule has 0 heterocycles. The van der Waals surface area contributed by atoms with Crippen LogP contribution in [0.3, 0.4) is 0 Å². The zero-order valence-corrected chi connectivity index (χ0v) is 11.0. The van der Waals surface area contributed by atoms with Gasteiger partial charge in [0.1, 0.15) is 0 Å². The van der Waals surface area contributed by atoms with Gasteiger partial charge >= 0.3 is 0 Å². The molecular formula is C11H10BrNO2S. The maximum atomic E-state index is 11.8. The summed E-state index contributed by atoms with van der Waals surface area (Å²) >= 11 is 3.40. The van der Waals surface area contributed by atoms with Gasteiger partial charge in [0.05, 0.1) is 4.90 Å². The SMILES string of the molecule is CNS(=O)(=O)c1cccc2c(Br)cccc12. The number of rotatable bonds is 2. The van der Waals surface area contributed by atoms with Crippen molar-refractivity contribution < 1.29 is 8.42 Å². The van der Waals surface area contributed by atoms with Gasteiger partial charge in [-0.25, -0.2) is 13.1 Å². The molecular weight excluding hydrogens is 290 g/mol. The number of sulfonamides is 1. The van der Waals surface area contributed by atoms with Gasteiger partial charge in [0.15, 0.2) is 0 Å². The van der Waals surface area contributed by atoms with Gasteiger partial charge in [0.2, 0.25) is 10.0 Å². The Labute approximate surface area is 103 Å². The predicted molar refractivity (Wildman–Crippen MR) is 67.9 cm³/mol. The number of nitrogens with one attached hydrogen (secondary N) is 1. The predicted octanol–water partition coefficient (Wildman–Crippen LogP) is 2.51. The zero-order valence-electron chi connectivity index (χ0n) is 8.57. The molecule has 2 aromatic rings. The highest BCUT2D eigenvalue weighted by Gasteiger charge is 2.15. The van der Waals surface area contributed by atoms with Crippen LogP contribution in [-0.2, 0) is 10.0 Å². The van der Waals surface area contributed by atoms with Crippen molar-refractivity contribution in [2.75, 3.05) is 7.05 Å². The van der Waals surface area contributed by atoms with E-state index >= 15 is 0 Å². The van der Waals surface area contributed by atoms with Crippen LogP contribution in [0.5, 0.6) is 0 Å². The number of hydrogen-bond acceptors (Lipinski definition) is 2. The summed E-state index contributed by atoms with van der Waals surface area (Å²) in [4.78, 5) is 0.300. The summed E-state index contributed by atoms with van der Waals surface area (Å²) in [6.07, 6.45) is 0. The van der Waals surface area contributed by atoms with E-state index < -0.39 is 10.0 Å². The monoisotopic (exact) mass is 299 g/mol. The van der Waals surface area contributed by atoms with Crippen LogP contribution >= 0.6 is 15.9 Å². The number of halogens is 1. The highest BCUT2D eigenvalue weighted by molar-refractivity contribution is 9.10. The Kier molecular flexibility index (Phi) is 3.01. The Morgan fingerprint density at radius 3 is 2.38 bits per heavy atom. The largest absolute Gasteiger partial charge is 0.240 e. The van der Waals surface area contributed by atoms with Crippen LogP contribution in [0.2, 0.25) is 0 Å².